The lowest BCUT2D eigenvalue weighted by molar-refractivity contribution is -0.132. The summed E-state index contributed by atoms with van der Waals surface area (Å²) in [6.07, 6.45) is -0.712. The standard InChI is InChI=1S/C14H22N2O3/c1-11(15)14(18)16(2)8-13(17)10-19-9-12-6-4-3-5-7-12/h3-7,11,13,17H,8-10,15H2,1-2H3/t11-,13?/m0/s1. The van der Waals surface area contributed by atoms with E-state index < -0.39 is 12.1 Å². The van der Waals surface area contributed by atoms with Gasteiger partial charge >= 0.3 is 0 Å². The van der Waals surface area contributed by atoms with E-state index in [9.17, 15) is 9.90 Å². The highest BCUT2D eigenvalue weighted by Crippen LogP contribution is 2.01. The third kappa shape index (κ3) is 5.83. The molecular weight excluding hydrogens is 244 g/mol. The third-order valence-electron chi connectivity index (χ3n) is 2.67. The number of ether oxygens (including phenoxy) is 1. The molecule has 2 atom stereocenters. The van der Waals surface area contributed by atoms with Crippen LogP contribution in [0.5, 0.6) is 0 Å². The first kappa shape index (κ1) is 15.6. The minimum atomic E-state index is -0.712. The van der Waals surface area contributed by atoms with Gasteiger partial charge in [-0.25, -0.2) is 0 Å². The molecule has 0 bridgehead atoms. The van der Waals surface area contributed by atoms with E-state index in [0.717, 1.165) is 5.56 Å². The van der Waals surface area contributed by atoms with Crippen LogP contribution >= 0.6 is 0 Å². The van der Waals surface area contributed by atoms with Crippen LogP contribution in [0.15, 0.2) is 30.3 Å². The molecule has 0 heterocycles. The monoisotopic (exact) mass is 266 g/mol. The molecule has 0 saturated heterocycles. The van der Waals surface area contributed by atoms with Crippen molar-refractivity contribution in [2.75, 3.05) is 20.2 Å². The van der Waals surface area contributed by atoms with Crippen molar-refractivity contribution < 1.29 is 14.6 Å². The highest BCUT2D eigenvalue weighted by Gasteiger charge is 2.16. The normalized spacial score (nSPS) is 13.9. The van der Waals surface area contributed by atoms with Crippen molar-refractivity contribution in [3.63, 3.8) is 0 Å². The van der Waals surface area contributed by atoms with E-state index in [2.05, 4.69) is 0 Å². The Morgan fingerprint density at radius 3 is 2.63 bits per heavy atom. The molecule has 0 radical (unpaired) electrons. The summed E-state index contributed by atoms with van der Waals surface area (Å²) in [6, 6.07) is 9.17. The van der Waals surface area contributed by atoms with Crippen molar-refractivity contribution in [2.45, 2.75) is 25.7 Å². The fourth-order valence-corrected chi connectivity index (χ4v) is 1.69. The Kier molecular flexibility index (Phi) is 6.49. The fourth-order valence-electron chi connectivity index (χ4n) is 1.69. The van der Waals surface area contributed by atoms with Gasteiger partial charge in [-0.1, -0.05) is 30.3 Å². The molecule has 1 unspecified atom stereocenters. The summed E-state index contributed by atoms with van der Waals surface area (Å²) in [4.78, 5) is 12.9. The number of likely N-dealkylation sites (N-methyl/N-ethyl adjacent to an activating group) is 1. The van der Waals surface area contributed by atoms with E-state index >= 15 is 0 Å². The summed E-state index contributed by atoms with van der Waals surface area (Å²) in [7, 11) is 1.62. The Morgan fingerprint density at radius 1 is 1.42 bits per heavy atom. The van der Waals surface area contributed by atoms with Gasteiger partial charge in [0.05, 0.1) is 25.4 Å². The second-order valence-corrected chi connectivity index (χ2v) is 4.66. The van der Waals surface area contributed by atoms with Crippen LogP contribution in [0.2, 0.25) is 0 Å². The third-order valence-corrected chi connectivity index (χ3v) is 2.67. The minimum Gasteiger partial charge on any atom is -0.389 e. The van der Waals surface area contributed by atoms with Gasteiger partial charge in [-0.15, -0.1) is 0 Å². The Labute approximate surface area is 114 Å². The molecule has 0 aliphatic carbocycles. The van der Waals surface area contributed by atoms with Crippen LogP contribution in [0.3, 0.4) is 0 Å². The van der Waals surface area contributed by atoms with E-state index in [4.69, 9.17) is 10.5 Å². The Morgan fingerprint density at radius 2 is 2.05 bits per heavy atom. The predicted octanol–water partition coefficient (Wildman–Crippen LogP) is 0.370. The van der Waals surface area contributed by atoms with Crippen molar-refractivity contribution in [1.29, 1.82) is 0 Å². The number of aliphatic hydroxyl groups excluding tert-OH is 1. The summed E-state index contributed by atoms with van der Waals surface area (Å²) in [5.74, 6) is -0.192. The average Bonchev–Trinajstić information content (AvgIpc) is 2.38. The van der Waals surface area contributed by atoms with Crippen LogP contribution in [0.25, 0.3) is 0 Å². The molecule has 5 heteroatoms. The number of carbonyl (C=O) groups excluding carboxylic acids is 1. The van der Waals surface area contributed by atoms with Crippen LogP contribution in [-0.4, -0.2) is 48.3 Å². The van der Waals surface area contributed by atoms with Crippen LogP contribution in [0.1, 0.15) is 12.5 Å². The van der Waals surface area contributed by atoms with E-state index in [-0.39, 0.29) is 19.1 Å². The molecule has 5 nitrogen and oxygen atoms in total. The molecule has 1 aromatic carbocycles. The maximum absolute atomic E-state index is 11.5. The summed E-state index contributed by atoms with van der Waals surface area (Å²) >= 11 is 0. The molecule has 19 heavy (non-hydrogen) atoms. The van der Waals surface area contributed by atoms with E-state index in [0.29, 0.717) is 6.61 Å². The second-order valence-electron chi connectivity index (χ2n) is 4.66. The molecule has 0 aliphatic heterocycles. The maximum Gasteiger partial charge on any atom is 0.239 e. The van der Waals surface area contributed by atoms with E-state index in [1.807, 2.05) is 30.3 Å². The van der Waals surface area contributed by atoms with Crippen LogP contribution in [0, 0.1) is 0 Å². The highest BCUT2D eigenvalue weighted by molar-refractivity contribution is 5.80. The molecular formula is C14H22N2O3. The van der Waals surface area contributed by atoms with Gasteiger partial charge in [0.25, 0.3) is 0 Å². The van der Waals surface area contributed by atoms with Gasteiger partial charge in [0.1, 0.15) is 0 Å². The zero-order valence-corrected chi connectivity index (χ0v) is 11.5. The number of nitrogens with zero attached hydrogens (tertiary/aromatic N) is 1. The Hall–Kier alpha value is -1.43. The Bertz CT molecular complexity index is 382. The molecule has 1 aromatic rings. The fraction of sp³-hybridized carbons (Fsp3) is 0.500. The zero-order valence-electron chi connectivity index (χ0n) is 11.5. The van der Waals surface area contributed by atoms with Crippen LogP contribution in [-0.2, 0) is 16.1 Å². The summed E-state index contributed by atoms with van der Waals surface area (Å²) in [5.41, 5.74) is 6.54. The number of rotatable bonds is 7. The molecule has 0 saturated carbocycles. The topological polar surface area (TPSA) is 75.8 Å². The molecule has 0 spiro atoms. The van der Waals surface area contributed by atoms with Crippen LogP contribution in [0.4, 0.5) is 0 Å². The molecule has 1 amide bonds. The molecule has 0 aromatic heterocycles. The number of aliphatic hydroxyl groups is 1. The lowest BCUT2D eigenvalue weighted by atomic mass is 10.2. The number of hydrogen-bond donors (Lipinski definition) is 2. The number of benzene rings is 1. The van der Waals surface area contributed by atoms with Crippen molar-refractivity contribution in [3.8, 4) is 0 Å². The minimum absolute atomic E-state index is 0.186. The van der Waals surface area contributed by atoms with Gasteiger partial charge < -0.3 is 20.5 Å². The van der Waals surface area contributed by atoms with Gasteiger partial charge in [0.2, 0.25) is 5.91 Å². The number of nitrogens with two attached hydrogens (primary N) is 1. The SMILES string of the molecule is C[C@H](N)C(=O)N(C)CC(O)COCc1ccccc1. The quantitative estimate of drug-likeness (QED) is 0.747. The van der Waals surface area contributed by atoms with E-state index in [1.165, 1.54) is 4.90 Å². The predicted molar refractivity (Wildman–Crippen MR) is 73.4 cm³/mol. The van der Waals surface area contributed by atoms with Gasteiger partial charge in [-0.3, -0.25) is 4.79 Å². The molecule has 0 fully saturated rings. The summed E-state index contributed by atoms with van der Waals surface area (Å²) in [5, 5.41) is 9.77. The first-order valence-electron chi connectivity index (χ1n) is 6.31. The van der Waals surface area contributed by atoms with Crippen molar-refractivity contribution in [1.82, 2.24) is 4.90 Å². The van der Waals surface area contributed by atoms with Gasteiger partial charge in [-0.2, -0.15) is 0 Å². The number of amides is 1. The average molecular weight is 266 g/mol. The summed E-state index contributed by atoms with van der Waals surface area (Å²) < 4.78 is 5.40. The molecule has 3 N–H and O–H groups in total. The van der Waals surface area contributed by atoms with Crippen LogP contribution < -0.4 is 5.73 Å². The lowest BCUT2D eigenvalue weighted by Gasteiger charge is -2.22. The Balaban J connectivity index is 2.24. The second kappa shape index (κ2) is 7.89. The van der Waals surface area contributed by atoms with Gasteiger partial charge in [0.15, 0.2) is 0 Å². The molecule has 1 rings (SSSR count). The maximum atomic E-state index is 11.5. The van der Waals surface area contributed by atoms with Gasteiger partial charge in [0, 0.05) is 13.6 Å². The van der Waals surface area contributed by atoms with Crippen molar-refractivity contribution in [3.05, 3.63) is 35.9 Å². The first-order valence-corrected chi connectivity index (χ1v) is 6.31. The van der Waals surface area contributed by atoms with E-state index in [1.54, 1.807) is 14.0 Å². The first-order chi connectivity index (χ1) is 9.00. The largest absolute Gasteiger partial charge is 0.389 e. The highest BCUT2D eigenvalue weighted by atomic mass is 16.5. The zero-order chi connectivity index (χ0) is 14.3. The molecule has 106 valence electrons. The lowest BCUT2D eigenvalue weighted by Crippen LogP contribution is -2.43. The smallest absolute Gasteiger partial charge is 0.239 e. The summed E-state index contributed by atoms with van der Waals surface area (Å²) in [6.45, 7) is 2.47. The number of hydrogen-bond acceptors (Lipinski definition) is 4. The number of carbonyl (C=O) groups is 1. The van der Waals surface area contributed by atoms with Gasteiger partial charge in [-0.05, 0) is 12.5 Å². The van der Waals surface area contributed by atoms with Crippen molar-refractivity contribution in [2.24, 2.45) is 5.73 Å². The van der Waals surface area contributed by atoms with Crippen molar-refractivity contribution >= 4 is 5.91 Å². The molecule has 0 aliphatic rings.